The fourth-order valence-corrected chi connectivity index (χ4v) is 3.09. The Labute approximate surface area is 133 Å². The molecule has 1 aromatic carbocycles. The molecule has 0 aliphatic carbocycles. The van der Waals surface area contributed by atoms with Gasteiger partial charge in [-0.2, -0.15) is 0 Å². The van der Waals surface area contributed by atoms with Crippen LogP contribution in [0.25, 0.3) is 0 Å². The smallest absolute Gasteiger partial charge is 0.0858 e. The molecule has 0 aromatic heterocycles. The molecule has 2 unspecified atom stereocenters. The number of ether oxygens (including phenoxy) is 1. The van der Waals surface area contributed by atoms with Crippen LogP contribution < -0.4 is 5.32 Å². The maximum absolute atomic E-state index is 6.40. The Morgan fingerprint density at radius 1 is 1.48 bits per heavy atom. The molecule has 118 valence electrons. The molecule has 1 aliphatic heterocycles. The largest absolute Gasteiger partial charge is 0.374 e. The summed E-state index contributed by atoms with van der Waals surface area (Å²) in [4.78, 5) is 2.34. The van der Waals surface area contributed by atoms with Gasteiger partial charge in [0.15, 0.2) is 0 Å². The Bertz CT molecular complexity index is 452. The second-order valence-corrected chi connectivity index (χ2v) is 6.44. The summed E-state index contributed by atoms with van der Waals surface area (Å²) >= 11 is 6.40. The van der Waals surface area contributed by atoms with E-state index in [1.165, 1.54) is 11.1 Å². The fourth-order valence-electron chi connectivity index (χ4n) is 2.77. The zero-order chi connectivity index (χ0) is 15.2. The van der Waals surface area contributed by atoms with Crippen molar-refractivity contribution in [2.75, 3.05) is 33.3 Å². The third-order valence-corrected chi connectivity index (χ3v) is 4.40. The summed E-state index contributed by atoms with van der Waals surface area (Å²) in [5.41, 5.74) is 2.41. The van der Waals surface area contributed by atoms with Gasteiger partial charge >= 0.3 is 0 Å². The van der Waals surface area contributed by atoms with Crippen LogP contribution in [0.1, 0.15) is 24.5 Å². The highest BCUT2D eigenvalue weighted by Gasteiger charge is 2.27. The van der Waals surface area contributed by atoms with E-state index < -0.39 is 0 Å². The highest BCUT2D eigenvalue weighted by Crippen LogP contribution is 2.21. The number of hydrogen-bond donors (Lipinski definition) is 1. The Kier molecular flexibility index (Phi) is 6.49. The molecular formula is C17H27ClN2O. The number of morpholine rings is 1. The molecule has 1 saturated heterocycles. The van der Waals surface area contributed by atoms with E-state index in [1.54, 1.807) is 0 Å². The molecule has 0 bridgehead atoms. The molecule has 0 amide bonds. The van der Waals surface area contributed by atoms with Crippen LogP contribution in [0.5, 0.6) is 0 Å². The maximum atomic E-state index is 6.40. The summed E-state index contributed by atoms with van der Waals surface area (Å²) in [5.74, 6) is 0. The first-order chi connectivity index (χ1) is 10.1. The van der Waals surface area contributed by atoms with Crippen LogP contribution in [-0.4, -0.2) is 50.3 Å². The quantitative estimate of drug-likeness (QED) is 0.874. The van der Waals surface area contributed by atoms with E-state index >= 15 is 0 Å². The number of aryl methyl sites for hydroxylation is 1. The van der Waals surface area contributed by atoms with Crippen molar-refractivity contribution in [3.05, 3.63) is 34.3 Å². The van der Waals surface area contributed by atoms with E-state index in [-0.39, 0.29) is 6.10 Å². The minimum Gasteiger partial charge on any atom is -0.374 e. The lowest BCUT2D eigenvalue weighted by Gasteiger charge is -2.36. The van der Waals surface area contributed by atoms with E-state index in [4.69, 9.17) is 16.3 Å². The molecule has 1 aromatic rings. The summed E-state index contributed by atoms with van der Waals surface area (Å²) in [7, 11) is 2.16. The van der Waals surface area contributed by atoms with Crippen molar-refractivity contribution >= 4 is 11.6 Å². The number of rotatable bonds is 6. The lowest BCUT2D eigenvalue weighted by molar-refractivity contribution is -0.0383. The van der Waals surface area contributed by atoms with E-state index in [0.29, 0.717) is 6.04 Å². The number of nitrogens with zero attached hydrogens (tertiary/aromatic N) is 1. The third-order valence-electron chi connectivity index (χ3n) is 4.05. The molecule has 2 rings (SSSR count). The Balaban J connectivity index is 2.07. The van der Waals surface area contributed by atoms with Gasteiger partial charge in [-0.15, -0.1) is 0 Å². The minimum absolute atomic E-state index is 0.229. The molecule has 0 radical (unpaired) electrons. The highest BCUT2D eigenvalue weighted by atomic mass is 35.5. The molecule has 3 nitrogen and oxygen atoms in total. The van der Waals surface area contributed by atoms with Crippen molar-refractivity contribution in [2.45, 2.75) is 38.8 Å². The number of likely N-dealkylation sites (N-methyl/N-ethyl adjacent to an activating group) is 1. The summed E-state index contributed by atoms with van der Waals surface area (Å²) in [5, 5.41) is 4.50. The highest BCUT2D eigenvalue weighted by molar-refractivity contribution is 6.31. The zero-order valence-corrected chi connectivity index (χ0v) is 14.1. The number of hydrogen-bond acceptors (Lipinski definition) is 3. The van der Waals surface area contributed by atoms with Crippen LogP contribution in [0.15, 0.2) is 18.2 Å². The molecule has 21 heavy (non-hydrogen) atoms. The Hall–Kier alpha value is -0.610. The molecule has 1 N–H and O–H groups in total. The molecule has 2 atom stereocenters. The second kappa shape index (κ2) is 8.14. The minimum atomic E-state index is 0.229. The zero-order valence-electron chi connectivity index (χ0n) is 13.4. The average molecular weight is 311 g/mol. The summed E-state index contributed by atoms with van der Waals surface area (Å²) < 4.78 is 6.00. The molecule has 4 heteroatoms. The molecule has 1 fully saturated rings. The molecule has 0 saturated carbocycles. The van der Waals surface area contributed by atoms with Crippen molar-refractivity contribution in [1.82, 2.24) is 10.2 Å². The van der Waals surface area contributed by atoms with E-state index in [9.17, 15) is 0 Å². The average Bonchev–Trinajstić information content (AvgIpc) is 2.45. The molecule has 1 heterocycles. The second-order valence-electron chi connectivity index (χ2n) is 6.03. The monoisotopic (exact) mass is 310 g/mol. The van der Waals surface area contributed by atoms with Crippen LogP contribution in [0, 0.1) is 6.92 Å². The Morgan fingerprint density at radius 3 is 2.95 bits per heavy atom. The number of halogens is 1. The predicted octanol–water partition coefficient (Wildman–Crippen LogP) is 2.89. The standard InChI is InChI=1S/C17H27ClN2O/c1-4-7-19-16(17-12-20(3)8-9-21-17)11-14-6-5-13(2)10-15(14)18/h5-6,10,16-17,19H,4,7-9,11-12H2,1-3H3. The third kappa shape index (κ3) is 4.96. The van der Waals surface area contributed by atoms with Gasteiger partial charge in [0.25, 0.3) is 0 Å². The lowest BCUT2D eigenvalue weighted by Crippen LogP contribution is -2.52. The van der Waals surface area contributed by atoms with E-state index in [0.717, 1.165) is 44.1 Å². The van der Waals surface area contributed by atoms with Gasteiger partial charge in [-0.1, -0.05) is 30.7 Å². The van der Waals surface area contributed by atoms with Crippen molar-refractivity contribution in [3.63, 3.8) is 0 Å². The van der Waals surface area contributed by atoms with Gasteiger partial charge < -0.3 is 15.0 Å². The van der Waals surface area contributed by atoms with Gasteiger partial charge in [-0.25, -0.2) is 0 Å². The van der Waals surface area contributed by atoms with Crippen LogP contribution in [0.3, 0.4) is 0 Å². The van der Waals surface area contributed by atoms with E-state index in [1.807, 2.05) is 6.07 Å². The summed E-state index contributed by atoms with van der Waals surface area (Å²) in [6, 6.07) is 6.63. The maximum Gasteiger partial charge on any atom is 0.0858 e. The first kappa shape index (κ1) is 16.8. The molecule has 0 spiro atoms. The van der Waals surface area contributed by atoms with Crippen LogP contribution in [0.2, 0.25) is 5.02 Å². The van der Waals surface area contributed by atoms with Crippen LogP contribution >= 0.6 is 11.6 Å². The lowest BCUT2D eigenvalue weighted by atomic mass is 9.99. The van der Waals surface area contributed by atoms with E-state index in [2.05, 4.69) is 43.2 Å². The normalized spacial score (nSPS) is 21.4. The van der Waals surface area contributed by atoms with Crippen molar-refractivity contribution in [3.8, 4) is 0 Å². The molecule has 1 aliphatic rings. The van der Waals surface area contributed by atoms with Gasteiger partial charge in [-0.05, 0) is 50.6 Å². The first-order valence-electron chi connectivity index (χ1n) is 7.88. The topological polar surface area (TPSA) is 24.5 Å². The van der Waals surface area contributed by atoms with Gasteiger partial charge in [-0.3, -0.25) is 0 Å². The predicted molar refractivity (Wildman–Crippen MR) is 89.2 cm³/mol. The molecular weight excluding hydrogens is 284 g/mol. The SMILES string of the molecule is CCCNC(Cc1ccc(C)cc1Cl)C1CN(C)CCO1. The van der Waals surface area contributed by atoms with Crippen molar-refractivity contribution in [1.29, 1.82) is 0 Å². The first-order valence-corrected chi connectivity index (χ1v) is 8.26. The van der Waals surface area contributed by atoms with Gasteiger partial charge in [0.05, 0.1) is 12.7 Å². The fraction of sp³-hybridized carbons (Fsp3) is 0.647. The summed E-state index contributed by atoms with van der Waals surface area (Å²) in [6.45, 7) is 8.08. The van der Waals surface area contributed by atoms with Gasteiger partial charge in [0.2, 0.25) is 0 Å². The number of nitrogens with one attached hydrogen (secondary N) is 1. The van der Waals surface area contributed by atoms with Gasteiger partial charge in [0.1, 0.15) is 0 Å². The van der Waals surface area contributed by atoms with Crippen molar-refractivity contribution < 1.29 is 4.74 Å². The van der Waals surface area contributed by atoms with Crippen molar-refractivity contribution in [2.24, 2.45) is 0 Å². The van der Waals surface area contributed by atoms with Crippen LogP contribution in [-0.2, 0) is 11.2 Å². The number of benzene rings is 1. The summed E-state index contributed by atoms with van der Waals surface area (Å²) in [6.07, 6.45) is 2.27. The Morgan fingerprint density at radius 2 is 2.29 bits per heavy atom. The van der Waals surface area contributed by atoms with Gasteiger partial charge in [0, 0.05) is 24.2 Å². The van der Waals surface area contributed by atoms with Crippen LogP contribution in [0.4, 0.5) is 0 Å².